The summed E-state index contributed by atoms with van der Waals surface area (Å²) >= 11 is 1.36. The van der Waals surface area contributed by atoms with Crippen molar-refractivity contribution in [3.05, 3.63) is 24.0 Å². The van der Waals surface area contributed by atoms with E-state index in [1.807, 2.05) is 25.1 Å². The van der Waals surface area contributed by atoms with Crippen molar-refractivity contribution in [3.63, 3.8) is 0 Å². The molecular formula is C14H13N3O4S. The molecule has 3 aromatic rings. The molecule has 0 saturated heterocycles. The van der Waals surface area contributed by atoms with Crippen LogP contribution < -0.4 is 21.5 Å². The van der Waals surface area contributed by atoms with Gasteiger partial charge in [0.25, 0.3) is 5.91 Å². The third-order valence-electron chi connectivity index (χ3n) is 3.06. The molecule has 8 heteroatoms. The van der Waals surface area contributed by atoms with Gasteiger partial charge in [-0.2, -0.15) is 0 Å². The van der Waals surface area contributed by atoms with Crippen molar-refractivity contribution in [3.8, 4) is 5.75 Å². The van der Waals surface area contributed by atoms with Crippen molar-refractivity contribution in [2.45, 2.75) is 6.92 Å². The summed E-state index contributed by atoms with van der Waals surface area (Å²) in [6, 6.07) is 4.72. The van der Waals surface area contributed by atoms with Crippen LogP contribution in [0.1, 0.15) is 17.5 Å². The van der Waals surface area contributed by atoms with Gasteiger partial charge in [-0.25, -0.2) is 4.79 Å². The molecule has 5 N–H and O–H groups in total. The molecule has 0 radical (unpaired) electrons. The molecule has 0 spiro atoms. The van der Waals surface area contributed by atoms with Crippen LogP contribution in [0.25, 0.3) is 20.4 Å². The third kappa shape index (κ3) is 2.23. The minimum atomic E-state index is -0.794. The summed E-state index contributed by atoms with van der Waals surface area (Å²) in [6.07, 6.45) is 0. The van der Waals surface area contributed by atoms with Gasteiger partial charge in [0.2, 0.25) is 5.76 Å². The smallest absolute Gasteiger partial charge is 0.316 e. The number of amides is 3. The van der Waals surface area contributed by atoms with Gasteiger partial charge in [0.15, 0.2) is 5.58 Å². The number of carbonyl (C=O) groups is 2. The summed E-state index contributed by atoms with van der Waals surface area (Å²) in [5.74, 6) is -0.152. The summed E-state index contributed by atoms with van der Waals surface area (Å²) in [7, 11) is 0. The Morgan fingerprint density at radius 2 is 2.14 bits per heavy atom. The third-order valence-corrected chi connectivity index (χ3v) is 4.21. The highest BCUT2D eigenvalue weighted by atomic mass is 32.1. The van der Waals surface area contributed by atoms with Gasteiger partial charge in [-0.1, -0.05) is 0 Å². The van der Waals surface area contributed by atoms with Crippen LogP contribution in [0.5, 0.6) is 5.75 Å². The van der Waals surface area contributed by atoms with Gasteiger partial charge < -0.3 is 25.9 Å². The van der Waals surface area contributed by atoms with E-state index in [1.165, 1.54) is 11.3 Å². The zero-order valence-corrected chi connectivity index (χ0v) is 12.5. The molecule has 0 aliphatic carbocycles. The predicted molar refractivity (Wildman–Crippen MR) is 84.5 cm³/mol. The number of ether oxygens (including phenoxy) is 1. The molecule has 114 valence electrons. The second-order valence-electron chi connectivity index (χ2n) is 4.51. The van der Waals surface area contributed by atoms with Crippen LogP contribution in [0.3, 0.4) is 0 Å². The summed E-state index contributed by atoms with van der Waals surface area (Å²) in [6.45, 7) is 2.46. The van der Waals surface area contributed by atoms with E-state index in [2.05, 4.69) is 5.32 Å². The van der Waals surface area contributed by atoms with E-state index in [0.717, 1.165) is 15.8 Å². The number of anilines is 1. The van der Waals surface area contributed by atoms with Crippen LogP contribution in [0.2, 0.25) is 0 Å². The molecule has 0 unspecified atom stereocenters. The minimum absolute atomic E-state index is 0.115. The van der Waals surface area contributed by atoms with Gasteiger partial charge in [-0.15, -0.1) is 11.3 Å². The van der Waals surface area contributed by atoms with Crippen molar-refractivity contribution in [2.75, 3.05) is 11.9 Å². The second-order valence-corrected chi connectivity index (χ2v) is 5.56. The first-order valence-electron chi connectivity index (χ1n) is 6.49. The molecule has 2 aromatic heterocycles. The number of thiophene rings is 1. The average molecular weight is 319 g/mol. The molecule has 2 heterocycles. The molecule has 0 aliphatic heterocycles. The van der Waals surface area contributed by atoms with Crippen molar-refractivity contribution in [1.29, 1.82) is 0 Å². The molecule has 1 aromatic carbocycles. The van der Waals surface area contributed by atoms with Crippen molar-refractivity contribution in [2.24, 2.45) is 11.5 Å². The molecule has 7 nitrogen and oxygen atoms in total. The topological polar surface area (TPSA) is 121 Å². The van der Waals surface area contributed by atoms with E-state index >= 15 is 0 Å². The largest absolute Gasteiger partial charge is 0.494 e. The number of primary amides is 2. The normalized spacial score (nSPS) is 11.0. The second kappa shape index (κ2) is 5.23. The predicted octanol–water partition coefficient (Wildman–Crippen LogP) is 2.64. The van der Waals surface area contributed by atoms with Crippen LogP contribution in [0, 0.1) is 0 Å². The summed E-state index contributed by atoms with van der Waals surface area (Å²) in [4.78, 5) is 22.6. The summed E-state index contributed by atoms with van der Waals surface area (Å²) in [5.41, 5.74) is 11.1. The van der Waals surface area contributed by atoms with Gasteiger partial charge >= 0.3 is 6.03 Å². The number of hydrogen-bond donors (Lipinski definition) is 3. The average Bonchev–Trinajstić information content (AvgIpc) is 2.95. The van der Waals surface area contributed by atoms with Crippen LogP contribution >= 0.6 is 11.3 Å². The van der Waals surface area contributed by atoms with Crippen molar-refractivity contribution in [1.82, 2.24) is 0 Å². The number of carbonyl (C=O) groups excluding carboxylic acids is 2. The number of benzene rings is 1. The zero-order valence-electron chi connectivity index (χ0n) is 11.6. The first-order chi connectivity index (χ1) is 10.5. The summed E-state index contributed by atoms with van der Waals surface area (Å²) in [5, 5.41) is 3.21. The van der Waals surface area contributed by atoms with Crippen molar-refractivity contribution < 1.29 is 18.7 Å². The fourth-order valence-electron chi connectivity index (χ4n) is 2.24. The van der Waals surface area contributed by atoms with Gasteiger partial charge in [-0.05, 0) is 25.1 Å². The lowest BCUT2D eigenvalue weighted by molar-refractivity contribution is 0.0977. The number of hydrogen-bond acceptors (Lipinski definition) is 5. The molecule has 3 amide bonds. The fourth-order valence-corrected chi connectivity index (χ4v) is 3.40. The minimum Gasteiger partial charge on any atom is -0.494 e. The lowest BCUT2D eigenvalue weighted by Gasteiger charge is -2.02. The Labute approximate surface area is 128 Å². The Kier molecular flexibility index (Phi) is 3.38. The Balaban J connectivity index is 2.25. The number of fused-ring (bicyclic) bond motifs is 3. The van der Waals surface area contributed by atoms with Crippen molar-refractivity contribution >= 4 is 49.3 Å². The van der Waals surface area contributed by atoms with E-state index in [9.17, 15) is 9.59 Å². The van der Waals surface area contributed by atoms with E-state index in [0.29, 0.717) is 16.9 Å². The number of nitrogens with two attached hydrogens (primary N) is 2. The first kappa shape index (κ1) is 14.2. The lowest BCUT2D eigenvalue weighted by atomic mass is 10.2. The van der Waals surface area contributed by atoms with E-state index in [1.54, 1.807) is 0 Å². The van der Waals surface area contributed by atoms with Crippen LogP contribution in [-0.2, 0) is 0 Å². The Hall–Kier alpha value is -2.74. The highest BCUT2D eigenvalue weighted by Crippen LogP contribution is 2.43. The fraction of sp³-hybridized carbons (Fsp3) is 0.143. The van der Waals surface area contributed by atoms with E-state index in [-0.39, 0.29) is 11.4 Å². The SMILES string of the molecule is CCOc1ccc2c(c1)sc1c(NC(N)=O)c(C(N)=O)oc12. The van der Waals surface area contributed by atoms with Gasteiger partial charge in [-0.3, -0.25) is 4.79 Å². The molecule has 22 heavy (non-hydrogen) atoms. The molecule has 3 rings (SSSR count). The van der Waals surface area contributed by atoms with Crippen LogP contribution in [0.15, 0.2) is 22.6 Å². The quantitative estimate of drug-likeness (QED) is 0.684. The Bertz CT molecular complexity index is 896. The number of furan rings is 1. The maximum atomic E-state index is 11.5. The van der Waals surface area contributed by atoms with Crippen LogP contribution in [0.4, 0.5) is 10.5 Å². The molecule has 0 bridgehead atoms. The number of urea groups is 1. The monoisotopic (exact) mass is 319 g/mol. The Morgan fingerprint density at radius 1 is 1.36 bits per heavy atom. The maximum absolute atomic E-state index is 11.5. The van der Waals surface area contributed by atoms with Gasteiger partial charge in [0.05, 0.1) is 11.3 Å². The number of nitrogens with one attached hydrogen (secondary N) is 1. The Morgan fingerprint density at radius 3 is 2.77 bits per heavy atom. The zero-order chi connectivity index (χ0) is 15.9. The highest BCUT2D eigenvalue weighted by molar-refractivity contribution is 7.26. The summed E-state index contributed by atoms with van der Waals surface area (Å²) < 4.78 is 12.5. The maximum Gasteiger partial charge on any atom is 0.316 e. The molecule has 0 fully saturated rings. The highest BCUT2D eigenvalue weighted by Gasteiger charge is 2.23. The van der Waals surface area contributed by atoms with E-state index in [4.69, 9.17) is 20.6 Å². The lowest BCUT2D eigenvalue weighted by Crippen LogP contribution is -2.21. The van der Waals surface area contributed by atoms with Crippen LogP contribution in [-0.4, -0.2) is 18.5 Å². The number of rotatable bonds is 4. The molecule has 0 saturated carbocycles. The molecule has 0 atom stereocenters. The van der Waals surface area contributed by atoms with Gasteiger partial charge in [0, 0.05) is 10.1 Å². The first-order valence-corrected chi connectivity index (χ1v) is 7.31. The molecule has 0 aliphatic rings. The van der Waals surface area contributed by atoms with E-state index < -0.39 is 11.9 Å². The standard InChI is InChI=1S/C14H13N3O4S/c1-2-20-6-3-4-7-8(5-6)22-12-9(17-14(16)19)11(13(15)18)21-10(7)12/h3-5H,2H2,1H3,(H2,15,18)(H3,16,17,19). The van der Waals surface area contributed by atoms with Gasteiger partial charge in [0.1, 0.15) is 11.4 Å². The molecular weight excluding hydrogens is 306 g/mol.